The van der Waals surface area contributed by atoms with Crippen LogP contribution in [0, 0.1) is 0 Å². The van der Waals surface area contributed by atoms with E-state index in [9.17, 15) is 0 Å². The molecule has 3 aromatic rings. The van der Waals surface area contributed by atoms with E-state index in [1.165, 1.54) is 16.7 Å². The quantitative estimate of drug-likeness (QED) is 0.407. The molecule has 1 atom stereocenters. The first-order valence-corrected chi connectivity index (χ1v) is 10.5. The molecule has 0 aromatic heterocycles. The SMILES string of the molecule is CC1(C)OC(COc2ccc(Cc3cc(Br)ccc3Cl)cc2)c2ccccc21. The molecule has 1 unspecified atom stereocenters. The minimum atomic E-state index is -0.280. The van der Waals surface area contributed by atoms with Crippen LogP contribution in [0.2, 0.25) is 5.02 Å². The summed E-state index contributed by atoms with van der Waals surface area (Å²) < 4.78 is 13.3. The van der Waals surface area contributed by atoms with Crippen LogP contribution < -0.4 is 4.74 Å². The third-order valence-electron chi connectivity index (χ3n) is 5.12. The highest BCUT2D eigenvalue weighted by molar-refractivity contribution is 9.10. The van der Waals surface area contributed by atoms with Gasteiger partial charge in [-0.2, -0.15) is 0 Å². The molecule has 0 saturated heterocycles. The van der Waals surface area contributed by atoms with Gasteiger partial charge in [0.05, 0.1) is 5.60 Å². The Balaban J connectivity index is 1.41. The number of halogens is 2. The van der Waals surface area contributed by atoms with Crippen molar-refractivity contribution in [1.82, 2.24) is 0 Å². The van der Waals surface area contributed by atoms with Crippen LogP contribution in [0.5, 0.6) is 5.75 Å². The van der Waals surface area contributed by atoms with Crippen molar-refractivity contribution in [2.45, 2.75) is 32.0 Å². The number of rotatable bonds is 5. The summed E-state index contributed by atoms with van der Waals surface area (Å²) in [4.78, 5) is 0. The van der Waals surface area contributed by atoms with Crippen molar-refractivity contribution in [3.63, 3.8) is 0 Å². The van der Waals surface area contributed by atoms with Crippen molar-refractivity contribution in [2.24, 2.45) is 0 Å². The molecular weight excluding hydrogens is 436 g/mol. The van der Waals surface area contributed by atoms with Gasteiger partial charge in [0.15, 0.2) is 0 Å². The van der Waals surface area contributed by atoms with Crippen LogP contribution in [0.1, 0.15) is 42.2 Å². The summed E-state index contributed by atoms with van der Waals surface area (Å²) in [5.74, 6) is 0.842. The molecule has 1 aliphatic rings. The Kier molecular flexibility index (Phi) is 5.50. The molecule has 1 aliphatic heterocycles. The van der Waals surface area contributed by atoms with Gasteiger partial charge in [0.2, 0.25) is 0 Å². The Hall–Kier alpha value is -1.81. The van der Waals surface area contributed by atoms with Gasteiger partial charge in [-0.15, -0.1) is 0 Å². The van der Waals surface area contributed by atoms with Crippen LogP contribution >= 0.6 is 27.5 Å². The molecule has 0 saturated carbocycles. The van der Waals surface area contributed by atoms with E-state index >= 15 is 0 Å². The first-order chi connectivity index (χ1) is 13.4. The van der Waals surface area contributed by atoms with Gasteiger partial charge in [0.1, 0.15) is 18.5 Å². The Morgan fingerprint density at radius 3 is 2.57 bits per heavy atom. The Labute approximate surface area is 179 Å². The van der Waals surface area contributed by atoms with Crippen LogP contribution in [0.25, 0.3) is 0 Å². The minimum Gasteiger partial charge on any atom is -0.491 e. The lowest BCUT2D eigenvalue weighted by Gasteiger charge is -2.20. The molecule has 0 fully saturated rings. The highest BCUT2D eigenvalue weighted by atomic mass is 79.9. The fraction of sp³-hybridized carbons (Fsp3) is 0.250. The van der Waals surface area contributed by atoms with E-state index in [1.54, 1.807) is 0 Å². The molecule has 0 radical (unpaired) electrons. The zero-order valence-electron chi connectivity index (χ0n) is 15.9. The van der Waals surface area contributed by atoms with Gasteiger partial charge in [-0.3, -0.25) is 0 Å². The lowest BCUT2D eigenvalue weighted by atomic mass is 9.95. The third-order valence-corrected chi connectivity index (χ3v) is 5.98. The maximum Gasteiger partial charge on any atom is 0.119 e. The van der Waals surface area contributed by atoms with Gasteiger partial charge >= 0.3 is 0 Å². The average Bonchev–Trinajstić information content (AvgIpc) is 2.95. The molecule has 0 spiro atoms. The van der Waals surface area contributed by atoms with E-state index in [0.29, 0.717) is 6.61 Å². The summed E-state index contributed by atoms with van der Waals surface area (Å²) in [7, 11) is 0. The Bertz CT molecular complexity index is 982. The van der Waals surface area contributed by atoms with Crippen LogP contribution in [0.3, 0.4) is 0 Å². The van der Waals surface area contributed by atoms with Crippen LogP contribution in [-0.4, -0.2) is 6.61 Å². The fourth-order valence-corrected chi connectivity index (χ4v) is 4.30. The zero-order valence-corrected chi connectivity index (χ0v) is 18.3. The molecule has 0 bridgehead atoms. The van der Waals surface area contributed by atoms with Gasteiger partial charge in [0, 0.05) is 9.50 Å². The summed E-state index contributed by atoms with van der Waals surface area (Å²) in [6, 6.07) is 22.5. The van der Waals surface area contributed by atoms with Crippen LogP contribution in [0.4, 0.5) is 0 Å². The van der Waals surface area contributed by atoms with Gasteiger partial charge < -0.3 is 9.47 Å². The summed E-state index contributed by atoms with van der Waals surface area (Å²) in [5, 5.41) is 0.781. The summed E-state index contributed by atoms with van der Waals surface area (Å²) in [6.45, 7) is 4.71. The predicted octanol–water partition coefficient (Wildman–Crippen LogP) is 7.08. The van der Waals surface area contributed by atoms with Gasteiger partial charge in [-0.25, -0.2) is 0 Å². The smallest absolute Gasteiger partial charge is 0.119 e. The fourth-order valence-electron chi connectivity index (χ4n) is 3.71. The van der Waals surface area contributed by atoms with Gasteiger partial charge in [-0.05, 0) is 72.9 Å². The van der Waals surface area contributed by atoms with Gasteiger partial charge in [0.25, 0.3) is 0 Å². The molecule has 1 heterocycles. The monoisotopic (exact) mass is 456 g/mol. The third kappa shape index (κ3) is 4.12. The zero-order chi connectivity index (χ0) is 19.7. The lowest BCUT2D eigenvalue weighted by Crippen LogP contribution is -2.18. The Morgan fingerprint density at radius 2 is 1.79 bits per heavy atom. The molecule has 4 heteroatoms. The van der Waals surface area contributed by atoms with E-state index in [0.717, 1.165) is 27.2 Å². The molecule has 28 heavy (non-hydrogen) atoms. The largest absolute Gasteiger partial charge is 0.491 e. The minimum absolute atomic E-state index is 0.0497. The molecule has 3 aromatic carbocycles. The van der Waals surface area contributed by atoms with Crippen LogP contribution in [-0.2, 0) is 16.8 Å². The number of hydrogen-bond donors (Lipinski definition) is 0. The predicted molar refractivity (Wildman–Crippen MR) is 117 cm³/mol. The maximum absolute atomic E-state index is 6.30. The lowest BCUT2D eigenvalue weighted by molar-refractivity contribution is -0.0681. The molecule has 0 N–H and O–H groups in total. The molecule has 144 valence electrons. The first kappa shape index (κ1) is 19.5. The van der Waals surface area contributed by atoms with E-state index in [1.807, 2.05) is 24.3 Å². The summed E-state index contributed by atoms with van der Waals surface area (Å²) in [6.07, 6.45) is 0.734. The van der Waals surface area contributed by atoms with E-state index < -0.39 is 0 Å². The van der Waals surface area contributed by atoms with E-state index in [2.05, 4.69) is 72.2 Å². The number of hydrogen-bond acceptors (Lipinski definition) is 2. The second kappa shape index (κ2) is 7.90. The van der Waals surface area contributed by atoms with E-state index in [4.69, 9.17) is 21.1 Å². The first-order valence-electron chi connectivity index (χ1n) is 9.35. The topological polar surface area (TPSA) is 18.5 Å². The number of fused-ring (bicyclic) bond motifs is 1. The molecular formula is C24H22BrClO2. The number of ether oxygens (including phenoxy) is 2. The number of benzene rings is 3. The highest BCUT2D eigenvalue weighted by Crippen LogP contribution is 2.43. The molecule has 4 rings (SSSR count). The summed E-state index contributed by atoms with van der Waals surface area (Å²) >= 11 is 9.81. The maximum atomic E-state index is 6.30. The molecule has 0 aliphatic carbocycles. The van der Waals surface area contributed by atoms with Crippen LogP contribution in [0.15, 0.2) is 71.2 Å². The summed E-state index contributed by atoms with van der Waals surface area (Å²) in [5.41, 5.74) is 4.47. The van der Waals surface area contributed by atoms with Crippen molar-refractivity contribution in [3.05, 3.63) is 98.5 Å². The van der Waals surface area contributed by atoms with Crippen molar-refractivity contribution in [2.75, 3.05) is 6.61 Å². The van der Waals surface area contributed by atoms with E-state index in [-0.39, 0.29) is 11.7 Å². The van der Waals surface area contributed by atoms with Gasteiger partial charge in [-0.1, -0.05) is 63.9 Å². The normalized spacial score (nSPS) is 17.4. The second-order valence-electron chi connectivity index (χ2n) is 7.57. The van der Waals surface area contributed by atoms with Crippen molar-refractivity contribution >= 4 is 27.5 Å². The Morgan fingerprint density at radius 1 is 1.04 bits per heavy atom. The molecule has 2 nitrogen and oxygen atoms in total. The standard InChI is InChI=1S/C24H22BrClO2/c1-24(2)21-6-4-3-5-20(21)23(28-24)15-27-19-10-7-16(8-11-19)13-17-14-18(25)9-12-22(17)26/h3-12,14,23H,13,15H2,1-2H3. The van der Waals surface area contributed by atoms with Crippen molar-refractivity contribution in [3.8, 4) is 5.75 Å². The molecule has 0 amide bonds. The van der Waals surface area contributed by atoms with Crippen molar-refractivity contribution in [1.29, 1.82) is 0 Å². The highest BCUT2D eigenvalue weighted by Gasteiger charge is 2.37. The average molecular weight is 458 g/mol. The second-order valence-corrected chi connectivity index (χ2v) is 8.89. The van der Waals surface area contributed by atoms with Crippen molar-refractivity contribution < 1.29 is 9.47 Å².